The van der Waals surface area contributed by atoms with E-state index in [0.717, 1.165) is 6.20 Å². The SMILES string of the molecule is CC1(C)OC2CCC(Nc3nc(Cl)ncc3F)=NC2NC1=O. The molecule has 1 aromatic rings. The van der Waals surface area contributed by atoms with Gasteiger partial charge >= 0.3 is 0 Å². The van der Waals surface area contributed by atoms with Gasteiger partial charge in [0.15, 0.2) is 11.6 Å². The summed E-state index contributed by atoms with van der Waals surface area (Å²) in [5, 5.41) is 5.54. The number of morpholine rings is 1. The molecule has 2 aliphatic rings. The molecule has 1 aromatic heterocycles. The molecular formula is C13H15ClFN5O2. The van der Waals surface area contributed by atoms with Crippen LogP contribution in [0.4, 0.5) is 10.2 Å². The van der Waals surface area contributed by atoms with Crippen LogP contribution in [0.1, 0.15) is 26.7 Å². The summed E-state index contributed by atoms with van der Waals surface area (Å²) in [6.45, 7) is 3.43. The highest BCUT2D eigenvalue weighted by Gasteiger charge is 2.43. The number of aliphatic imine (C=N–C) groups is 1. The third kappa shape index (κ3) is 2.89. The van der Waals surface area contributed by atoms with Crippen LogP contribution in [0, 0.1) is 5.82 Å². The van der Waals surface area contributed by atoms with Crippen LogP contribution in [0.5, 0.6) is 0 Å². The standard InChI is InChI=1S/C13H15ClFN5O2/c1-13(2)11(21)19-10-7(22-13)3-4-8(18-10)17-9-6(15)5-16-12(14)20-9/h5,7,10H,3-4H2,1-2H3,(H,19,21)(H,16,17,18,20). The lowest BCUT2D eigenvalue weighted by atomic mass is 10.00. The van der Waals surface area contributed by atoms with E-state index in [-0.39, 0.29) is 23.1 Å². The number of nitrogens with zero attached hydrogens (tertiary/aromatic N) is 3. The van der Waals surface area contributed by atoms with E-state index < -0.39 is 17.6 Å². The predicted molar refractivity (Wildman–Crippen MR) is 78.2 cm³/mol. The number of ether oxygens (including phenoxy) is 1. The van der Waals surface area contributed by atoms with Gasteiger partial charge in [0.05, 0.1) is 12.3 Å². The number of fused-ring (bicyclic) bond motifs is 1. The Bertz CT molecular complexity index is 651. The zero-order valence-electron chi connectivity index (χ0n) is 12.1. The van der Waals surface area contributed by atoms with E-state index in [9.17, 15) is 9.18 Å². The van der Waals surface area contributed by atoms with Crippen molar-refractivity contribution in [2.24, 2.45) is 4.99 Å². The Morgan fingerprint density at radius 3 is 3.09 bits per heavy atom. The van der Waals surface area contributed by atoms with Crippen LogP contribution in [0.25, 0.3) is 0 Å². The van der Waals surface area contributed by atoms with Crippen molar-refractivity contribution >= 4 is 29.2 Å². The van der Waals surface area contributed by atoms with Crippen molar-refractivity contribution in [1.82, 2.24) is 15.3 Å². The van der Waals surface area contributed by atoms with Crippen molar-refractivity contribution < 1.29 is 13.9 Å². The minimum atomic E-state index is -0.867. The number of aromatic nitrogens is 2. The molecule has 0 aliphatic carbocycles. The normalized spacial score (nSPS) is 26.7. The molecule has 0 spiro atoms. The number of rotatable bonds is 1. The van der Waals surface area contributed by atoms with Gasteiger partial charge < -0.3 is 15.4 Å². The van der Waals surface area contributed by atoms with Crippen LogP contribution in [0.15, 0.2) is 11.2 Å². The molecule has 2 atom stereocenters. The molecule has 3 heterocycles. The highest BCUT2D eigenvalue weighted by Crippen LogP contribution is 2.27. The second-order valence-electron chi connectivity index (χ2n) is 5.66. The fraction of sp³-hybridized carbons (Fsp3) is 0.538. The fourth-order valence-corrected chi connectivity index (χ4v) is 2.54. The molecule has 9 heteroatoms. The van der Waals surface area contributed by atoms with Crippen LogP contribution in [-0.2, 0) is 9.53 Å². The van der Waals surface area contributed by atoms with Crippen molar-refractivity contribution in [3.8, 4) is 0 Å². The molecule has 1 saturated heterocycles. The molecule has 2 unspecified atom stereocenters. The smallest absolute Gasteiger partial charge is 0.253 e. The van der Waals surface area contributed by atoms with Crippen LogP contribution < -0.4 is 10.6 Å². The number of amidine groups is 1. The van der Waals surface area contributed by atoms with Crippen LogP contribution in [-0.4, -0.2) is 39.6 Å². The third-order valence-corrected chi connectivity index (χ3v) is 3.74. The van der Waals surface area contributed by atoms with Gasteiger partial charge in [0.25, 0.3) is 5.91 Å². The van der Waals surface area contributed by atoms with Crippen molar-refractivity contribution in [3.05, 3.63) is 17.3 Å². The second kappa shape index (κ2) is 5.44. The number of halogens is 2. The van der Waals surface area contributed by atoms with Gasteiger partial charge in [-0.3, -0.25) is 4.79 Å². The van der Waals surface area contributed by atoms with Crippen LogP contribution in [0.3, 0.4) is 0 Å². The maximum absolute atomic E-state index is 13.6. The Labute approximate surface area is 131 Å². The van der Waals surface area contributed by atoms with Crippen molar-refractivity contribution in [2.45, 2.75) is 44.6 Å². The molecule has 0 aromatic carbocycles. The van der Waals surface area contributed by atoms with E-state index >= 15 is 0 Å². The molecule has 7 nitrogen and oxygen atoms in total. The largest absolute Gasteiger partial charge is 0.358 e. The molecule has 0 saturated carbocycles. The van der Waals surface area contributed by atoms with E-state index in [4.69, 9.17) is 16.3 Å². The number of nitrogens with one attached hydrogen (secondary N) is 2. The maximum atomic E-state index is 13.6. The highest BCUT2D eigenvalue weighted by molar-refractivity contribution is 6.28. The van der Waals surface area contributed by atoms with Gasteiger partial charge in [-0.1, -0.05) is 0 Å². The van der Waals surface area contributed by atoms with Crippen molar-refractivity contribution in [3.63, 3.8) is 0 Å². The summed E-state index contributed by atoms with van der Waals surface area (Å²) in [6.07, 6.45) is 1.50. The molecule has 2 aliphatic heterocycles. The zero-order chi connectivity index (χ0) is 15.9. The number of hydrogen-bond acceptors (Lipinski definition) is 6. The molecule has 1 amide bonds. The topological polar surface area (TPSA) is 88.5 Å². The lowest BCUT2D eigenvalue weighted by Crippen LogP contribution is -2.61. The van der Waals surface area contributed by atoms with Crippen LogP contribution in [0.2, 0.25) is 5.28 Å². The summed E-state index contributed by atoms with van der Waals surface area (Å²) < 4.78 is 19.4. The Hall–Kier alpha value is -1.80. The van der Waals surface area contributed by atoms with Crippen molar-refractivity contribution in [1.29, 1.82) is 0 Å². The van der Waals surface area contributed by atoms with Crippen LogP contribution >= 0.6 is 11.6 Å². The first-order valence-corrected chi connectivity index (χ1v) is 7.23. The number of anilines is 1. The molecule has 2 N–H and O–H groups in total. The van der Waals surface area contributed by atoms with E-state index in [2.05, 4.69) is 25.6 Å². The molecule has 22 heavy (non-hydrogen) atoms. The number of carbonyl (C=O) groups is 1. The first-order chi connectivity index (χ1) is 10.3. The number of amides is 1. The Morgan fingerprint density at radius 1 is 1.55 bits per heavy atom. The van der Waals surface area contributed by atoms with E-state index in [1.54, 1.807) is 13.8 Å². The number of hydrogen-bond donors (Lipinski definition) is 2. The monoisotopic (exact) mass is 327 g/mol. The molecule has 3 rings (SSSR count). The lowest BCUT2D eigenvalue weighted by Gasteiger charge is -2.41. The summed E-state index contributed by atoms with van der Waals surface area (Å²) in [5.74, 6) is -0.381. The van der Waals surface area contributed by atoms with Gasteiger partial charge in [-0.25, -0.2) is 14.4 Å². The molecule has 118 valence electrons. The second-order valence-corrected chi connectivity index (χ2v) is 6.00. The average Bonchev–Trinajstić information content (AvgIpc) is 2.44. The lowest BCUT2D eigenvalue weighted by molar-refractivity contribution is -0.167. The van der Waals surface area contributed by atoms with Gasteiger partial charge in [-0.2, -0.15) is 4.98 Å². The highest BCUT2D eigenvalue weighted by atomic mass is 35.5. The zero-order valence-corrected chi connectivity index (χ0v) is 12.8. The van der Waals surface area contributed by atoms with Gasteiger partial charge in [0.1, 0.15) is 17.6 Å². The van der Waals surface area contributed by atoms with E-state index in [1.165, 1.54) is 0 Å². The first-order valence-electron chi connectivity index (χ1n) is 6.86. The fourth-order valence-electron chi connectivity index (χ4n) is 2.41. The van der Waals surface area contributed by atoms with E-state index in [0.29, 0.717) is 18.7 Å². The summed E-state index contributed by atoms with van der Waals surface area (Å²) in [5.41, 5.74) is -0.867. The quantitative estimate of drug-likeness (QED) is 0.763. The Morgan fingerprint density at radius 2 is 2.32 bits per heavy atom. The first kappa shape index (κ1) is 15.1. The Kier molecular flexibility index (Phi) is 3.73. The van der Waals surface area contributed by atoms with Gasteiger partial charge in [0.2, 0.25) is 5.28 Å². The Balaban J connectivity index is 1.77. The average molecular weight is 328 g/mol. The molecule has 1 fully saturated rings. The summed E-state index contributed by atoms with van der Waals surface area (Å²) in [6, 6.07) is 0. The molecular weight excluding hydrogens is 313 g/mol. The third-order valence-electron chi connectivity index (χ3n) is 3.56. The number of carbonyl (C=O) groups excluding carboxylic acids is 1. The minimum Gasteiger partial charge on any atom is -0.358 e. The minimum absolute atomic E-state index is 0.0411. The van der Waals surface area contributed by atoms with Gasteiger partial charge in [-0.15, -0.1) is 0 Å². The van der Waals surface area contributed by atoms with Crippen molar-refractivity contribution in [2.75, 3.05) is 5.32 Å². The summed E-state index contributed by atoms with van der Waals surface area (Å²) >= 11 is 5.65. The van der Waals surface area contributed by atoms with Gasteiger partial charge in [-0.05, 0) is 31.9 Å². The molecule has 0 radical (unpaired) electrons. The summed E-state index contributed by atoms with van der Waals surface area (Å²) in [7, 11) is 0. The van der Waals surface area contributed by atoms with Gasteiger partial charge in [0, 0.05) is 6.42 Å². The summed E-state index contributed by atoms with van der Waals surface area (Å²) in [4.78, 5) is 23.6. The predicted octanol–water partition coefficient (Wildman–Crippen LogP) is 1.49. The maximum Gasteiger partial charge on any atom is 0.253 e. The molecule has 0 bridgehead atoms. The van der Waals surface area contributed by atoms with E-state index in [1.807, 2.05) is 0 Å².